The van der Waals surface area contributed by atoms with Gasteiger partial charge in [-0.15, -0.1) is 0 Å². The second kappa shape index (κ2) is 3.09. The van der Waals surface area contributed by atoms with E-state index in [0.717, 1.165) is 6.20 Å². The molecule has 1 amide bonds. The van der Waals surface area contributed by atoms with Crippen LogP contribution < -0.4 is 5.32 Å². The molecule has 4 heteroatoms. The molecule has 0 aliphatic carbocycles. The highest BCUT2D eigenvalue weighted by Crippen LogP contribution is 1.96. The SMILES string of the molecule is CNC(=O)c1ccc(F)cn1. The first-order chi connectivity index (χ1) is 5.24. The van der Waals surface area contributed by atoms with E-state index >= 15 is 0 Å². The van der Waals surface area contributed by atoms with Crippen LogP contribution in [0.4, 0.5) is 4.39 Å². The van der Waals surface area contributed by atoms with Crippen LogP contribution >= 0.6 is 0 Å². The lowest BCUT2D eigenvalue weighted by molar-refractivity contribution is 0.0958. The summed E-state index contributed by atoms with van der Waals surface area (Å²) in [6.45, 7) is 0. The zero-order valence-corrected chi connectivity index (χ0v) is 5.97. The van der Waals surface area contributed by atoms with Gasteiger partial charge in [0.1, 0.15) is 11.5 Å². The second-order valence-electron chi connectivity index (χ2n) is 1.94. The Bertz CT molecular complexity index is 258. The lowest BCUT2D eigenvalue weighted by atomic mass is 10.3. The minimum Gasteiger partial charge on any atom is -0.354 e. The van der Waals surface area contributed by atoms with Crippen LogP contribution in [0.1, 0.15) is 10.5 Å². The predicted octanol–water partition coefficient (Wildman–Crippen LogP) is 0.580. The van der Waals surface area contributed by atoms with Gasteiger partial charge in [0.05, 0.1) is 6.20 Å². The van der Waals surface area contributed by atoms with E-state index in [0.29, 0.717) is 0 Å². The molecule has 0 saturated heterocycles. The summed E-state index contributed by atoms with van der Waals surface area (Å²) >= 11 is 0. The topological polar surface area (TPSA) is 42.0 Å². The number of amides is 1. The number of pyridine rings is 1. The lowest BCUT2D eigenvalue weighted by Gasteiger charge is -1.96. The standard InChI is InChI=1S/C7H7FN2O/c1-9-7(11)6-3-2-5(8)4-10-6/h2-4H,1H3,(H,9,11). The van der Waals surface area contributed by atoms with Gasteiger partial charge in [-0.2, -0.15) is 0 Å². The van der Waals surface area contributed by atoms with E-state index in [1.807, 2.05) is 0 Å². The zero-order chi connectivity index (χ0) is 8.27. The minimum atomic E-state index is -0.447. The van der Waals surface area contributed by atoms with Crippen LogP contribution in [0.3, 0.4) is 0 Å². The summed E-state index contributed by atoms with van der Waals surface area (Å²) in [7, 11) is 1.49. The number of carbonyl (C=O) groups excluding carboxylic acids is 1. The van der Waals surface area contributed by atoms with Crippen LogP contribution in [0.15, 0.2) is 18.3 Å². The summed E-state index contributed by atoms with van der Waals surface area (Å²) in [5.41, 5.74) is 0.217. The average molecular weight is 154 g/mol. The molecule has 0 aliphatic heterocycles. The van der Waals surface area contributed by atoms with Crippen molar-refractivity contribution in [3.63, 3.8) is 0 Å². The fourth-order valence-corrected chi connectivity index (χ4v) is 0.638. The molecule has 1 N–H and O–H groups in total. The van der Waals surface area contributed by atoms with Gasteiger partial charge in [0, 0.05) is 7.05 Å². The summed E-state index contributed by atoms with van der Waals surface area (Å²) in [5.74, 6) is -0.761. The maximum absolute atomic E-state index is 12.3. The second-order valence-corrected chi connectivity index (χ2v) is 1.94. The van der Waals surface area contributed by atoms with E-state index in [1.165, 1.54) is 19.2 Å². The summed E-state index contributed by atoms with van der Waals surface area (Å²) in [6.07, 6.45) is 1.00. The third-order valence-corrected chi connectivity index (χ3v) is 1.19. The Morgan fingerprint density at radius 2 is 2.36 bits per heavy atom. The van der Waals surface area contributed by atoms with Crippen LogP contribution in [0.5, 0.6) is 0 Å². The van der Waals surface area contributed by atoms with Crippen molar-refractivity contribution >= 4 is 5.91 Å². The van der Waals surface area contributed by atoms with Gasteiger partial charge < -0.3 is 5.32 Å². The van der Waals surface area contributed by atoms with Crippen LogP contribution in [0, 0.1) is 5.82 Å². The van der Waals surface area contributed by atoms with Crippen LogP contribution in [-0.4, -0.2) is 17.9 Å². The Kier molecular flexibility index (Phi) is 2.15. The molecule has 0 bridgehead atoms. The highest BCUT2D eigenvalue weighted by Gasteiger charge is 2.02. The van der Waals surface area contributed by atoms with Crippen molar-refractivity contribution in [1.29, 1.82) is 0 Å². The molecule has 0 aliphatic rings. The third-order valence-electron chi connectivity index (χ3n) is 1.19. The first-order valence-corrected chi connectivity index (χ1v) is 3.07. The highest BCUT2D eigenvalue weighted by atomic mass is 19.1. The zero-order valence-electron chi connectivity index (χ0n) is 5.97. The van der Waals surface area contributed by atoms with Crippen molar-refractivity contribution in [3.05, 3.63) is 29.8 Å². The Morgan fingerprint density at radius 3 is 2.82 bits per heavy atom. The quantitative estimate of drug-likeness (QED) is 0.642. The monoisotopic (exact) mass is 154 g/mol. The minimum absolute atomic E-state index is 0.217. The maximum atomic E-state index is 12.3. The molecule has 1 aromatic heterocycles. The smallest absolute Gasteiger partial charge is 0.269 e. The fraction of sp³-hybridized carbons (Fsp3) is 0.143. The van der Waals surface area contributed by atoms with Crippen LogP contribution in [0.2, 0.25) is 0 Å². The van der Waals surface area contributed by atoms with Gasteiger partial charge in [0.2, 0.25) is 0 Å². The molecule has 0 unspecified atom stereocenters. The van der Waals surface area contributed by atoms with Gasteiger partial charge in [-0.3, -0.25) is 4.79 Å². The van der Waals surface area contributed by atoms with E-state index in [-0.39, 0.29) is 11.6 Å². The molecule has 0 fully saturated rings. The Balaban J connectivity index is 2.90. The molecule has 58 valence electrons. The summed E-state index contributed by atoms with van der Waals surface area (Å²) in [6, 6.07) is 2.52. The molecule has 3 nitrogen and oxygen atoms in total. The van der Waals surface area contributed by atoms with E-state index in [9.17, 15) is 9.18 Å². The van der Waals surface area contributed by atoms with Crippen molar-refractivity contribution in [3.8, 4) is 0 Å². The lowest BCUT2D eigenvalue weighted by Crippen LogP contribution is -2.18. The average Bonchev–Trinajstić information content (AvgIpc) is 2.05. The maximum Gasteiger partial charge on any atom is 0.269 e. The van der Waals surface area contributed by atoms with E-state index in [2.05, 4.69) is 10.3 Å². The molecule has 1 rings (SSSR count). The van der Waals surface area contributed by atoms with Gasteiger partial charge in [-0.05, 0) is 12.1 Å². The molecule has 0 atom stereocenters. The molecule has 1 heterocycles. The number of nitrogens with one attached hydrogen (secondary N) is 1. The highest BCUT2D eigenvalue weighted by molar-refractivity contribution is 5.91. The summed E-state index contributed by atoms with van der Waals surface area (Å²) in [5, 5.41) is 2.38. The number of rotatable bonds is 1. The van der Waals surface area contributed by atoms with E-state index in [1.54, 1.807) is 0 Å². The normalized spacial score (nSPS) is 9.27. The first kappa shape index (κ1) is 7.65. The van der Waals surface area contributed by atoms with Crippen molar-refractivity contribution in [2.45, 2.75) is 0 Å². The van der Waals surface area contributed by atoms with Crippen LogP contribution in [-0.2, 0) is 0 Å². The molecular weight excluding hydrogens is 147 g/mol. The van der Waals surface area contributed by atoms with Gasteiger partial charge >= 0.3 is 0 Å². The van der Waals surface area contributed by atoms with Crippen LogP contribution in [0.25, 0.3) is 0 Å². The van der Waals surface area contributed by atoms with Crippen molar-refractivity contribution in [2.75, 3.05) is 7.05 Å². The molecule has 0 saturated carbocycles. The summed E-state index contributed by atoms with van der Waals surface area (Å²) < 4.78 is 12.3. The van der Waals surface area contributed by atoms with E-state index in [4.69, 9.17) is 0 Å². The fourth-order valence-electron chi connectivity index (χ4n) is 0.638. The van der Waals surface area contributed by atoms with Crippen molar-refractivity contribution in [1.82, 2.24) is 10.3 Å². The van der Waals surface area contributed by atoms with E-state index < -0.39 is 5.82 Å². The Morgan fingerprint density at radius 1 is 1.64 bits per heavy atom. The molecule has 0 radical (unpaired) electrons. The molecular formula is C7H7FN2O. The number of nitrogens with zero attached hydrogens (tertiary/aromatic N) is 1. The third kappa shape index (κ3) is 1.73. The number of halogens is 1. The van der Waals surface area contributed by atoms with Gasteiger partial charge in [-0.1, -0.05) is 0 Å². The van der Waals surface area contributed by atoms with Crippen molar-refractivity contribution < 1.29 is 9.18 Å². The molecule has 0 spiro atoms. The molecule has 11 heavy (non-hydrogen) atoms. The number of hydrogen-bond acceptors (Lipinski definition) is 2. The van der Waals surface area contributed by atoms with Gasteiger partial charge in [0.15, 0.2) is 0 Å². The number of hydrogen-bond donors (Lipinski definition) is 1. The number of aromatic nitrogens is 1. The Hall–Kier alpha value is -1.45. The Labute approximate surface area is 63.3 Å². The van der Waals surface area contributed by atoms with Gasteiger partial charge in [0.25, 0.3) is 5.91 Å². The predicted molar refractivity (Wildman–Crippen MR) is 37.6 cm³/mol. The first-order valence-electron chi connectivity index (χ1n) is 3.07. The largest absolute Gasteiger partial charge is 0.354 e. The number of carbonyl (C=O) groups is 1. The molecule has 0 aromatic carbocycles. The van der Waals surface area contributed by atoms with Gasteiger partial charge in [-0.25, -0.2) is 9.37 Å². The van der Waals surface area contributed by atoms with Crippen molar-refractivity contribution in [2.24, 2.45) is 0 Å². The molecule has 1 aromatic rings. The summed E-state index contributed by atoms with van der Waals surface area (Å²) in [4.78, 5) is 14.4.